The summed E-state index contributed by atoms with van der Waals surface area (Å²) in [6.45, 7) is 1.21. The highest BCUT2D eigenvalue weighted by Crippen LogP contribution is 2.23. The molecule has 0 saturated carbocycles. The zero-order valence-electron chi connectivity index (χ0n) is 12.4. The minimum atomic E-state index is -0.440. The molecule has 1 saturated heterocycles. The predicted octanol–water partition coefficient (Wildman–Crippen LogP) is 2.45. The van der Waals surface area contributed by atoms with Gasteiger partial charge in [0.15, 0.2) is 0 Å². The van der Waals surface area contributed by atoms with Crippen molar-refractivity contribution in [3.63, 3.8) is 0 Å². The van der Waals surface area contributed by atoms with E-state index in [4.69, 9.17) is 0 Å². The van der Waals surface area contributed by atoms with Gasteiger partial charge in [0.25, 0.3) is 0 Å². The van der Waals surface area contributed by atoms with Crippen LogP contribution in [0, 0.1) is 5.82 Å². The van der Waals surface area contributed by atoms with Gasteiger partial charge in [-0.2, -0.15) is 0 Å². The van der Waals surface area contributed by atoms with Gasteiger partial charge in [-0.15, -0.1) is 11.3 Å². The molecule has 3 amide bonds. The first-order valence-corrected chi connectivity index (χ1v) is 8.13. The molecule has 1 fully saturated rings. The van der Waals surface area contributed by atoms with Crippen LogP contribution in [0.2, 0.25) is 0 Å². The fourth-order valence-corrected chi connectivity index (χ4v) is 3.10. The second kappa shape index (κ2) is 6.78. The first kappa shape index (κ1) is 15.5. The number of nitrogens with one attached hydrogen (secondary N) is 1. The molecule has 1 aromatic carbocycles. The summed E-state index contributed by atoms with van der Waals surface area (Å²) in [5, 5.41) is 4.73. The smallest absolute Gasteiger partial charge is 0.325 e. The Bertz CT molecular complexity index is 705. The molecule has 1 aliphatic rings. The number of rotatable bonds is 5. The summed E-state index contributed by atoms with van der Waals surface area (Å²) in [4.78, 5) is 28.1. The van der Waals surface area contributed by atoms with Gasteiger partial charge in [-0.1, -0.05) is 18.2 Å². The first-order chi connectivity index (χ1) is 11.1. The average Bonchev–Trinajstić information content (AvgIpc) is 3.17. The Morgan fingerprint density at radius 1 is 1.22 bits per heavy atom. The number of benzene rings is 1. The van der Waals surface area contributed by atoms with Gasteiger partial charge in [0, 0.05) is 18.0 Å². The van der Waals surface area contributed by atoms with Crippen molar-refractivity contribution in [1.29, 1.82) is 0 Å². The molecule has 0 bridgehead atoms. The Hall–Kier alpha value is -2.41. The van der Waals surface area contributed by atoms with Crippen molar-refractivity contribution < 1.29 is 14.0 Å². The van der Waals surface area contributed by atoms with Gasteiger partial charge in [0.2, 0.25) is 5.91 Å². The van der Waals surface area contributed by atoms with E-state index in [9.17, 15) is 14.0 Å². The third-order valence-corrected chi connectivity index (χ3v) is 4.49. The fraction of sp³-hybridized carbons (Fsp3) is 0.250. The van der Waals surface area contributed by atoms with E-state index in [0.29, 0.717) is 19.6 Å². The summed E-state index contributed by atoms with van der Waals surface area (Å²) in [5.74, 6) is -0.660. The van der Waals surface area contributed by atoms with Crippen LogP contribution in [0.3, 0.4) is 0 Å². The highest BCUT2D eigenvalue weighted by atomic mass is 32.1. The lowest BCUT2D eigenvalue weighted by Crippen LogP contribution is -2.39. The van der Waals surface area contributed by atoms with Crippen LogP contribution in [0.15, 0.2) is 41.8 Å². The van der Waals surface area contributed by atoms with Gasteiger partial charge in [0.1, 0.15) is 12.4 Å². The maximum absolute atomic E-state index is 13.8. The van der Waals surface area contributed by atoms with Crippen LogP contribution in [0.4, 0.5) is 14.9 Å². The Balaban J connectivity index is 1.57. The quantitative estimate of drug-likeness (QED) is 0.914. The van der Waals surface area contributed by atoms with Crippen LogP contribution < -0.4 is 10.2 Å². The normalized spacial score (nSPS) is 14.4. The molecule has 0 atom stereocenters. The first-order valence-electron chi connectivity index (χ1n) is 7.25. The molecular weight excluding hydrogens is 317 g/mol. The number of thiophene rings is 1. The number of carbonyl (C=O) groups is 2. The van der Waals surface area contributed by atoms with Crippen molar-refractivity contribution in [3.05, 3.63) is 52.5 Å². The zero-order valence-corrected chi connectivity index (χ0v) is 13.2. The molecule has 1 aliphatic heterocycles. The predicted molar refractivity (Wildman–Crippen MR) is 86.9 cm³/mol. The number of carbonyl (C=O) groups excluding carboxylic acids is 2. The molecule has 120 valence electrons. The van der Waals surface area contributed by atoms with Crippen molar-refractivity contribution in [2.45, 2.75) is 6.54 Å². The molecule has 23 heavy (non-hydrogen) atoms. The van der Waals surface area contributed by atoms with Gasteiger partial charge >= 0.3 is 6.03 Å². The molecule has 0 spiro atoms. The Morgan fingerprint density at radius 2 is 2.04 bits per heavy atom. The van der Waals surface area contributed by atoms with Gasteiger partial charge in [-0.25, -0.2) is 9.18 Å². The van der Waals surface area contributed by atoms with Crippen LogP contribution in [0.5, 0.6) is 0 Å². The number of amides is 3. The molecule has 0 unspecified atom stereocenters. The molecule has 2 heterocycles. The molecule has 1 aromatic heterocycles. The van der Waals surface area contributed by atoms with Crippen LogP contribution in [0.25, 0.3) is 0 Å². The summed E-state index contributed by atoms with van der Waals surface area (Å²) in [6.07, 6.45) is 0. The fourth-order valence-electron chi connectivity index (χ4n) is 2.45. The van der Waals surface area contributed by atoms with Crippen molar-refractivity contribution in [3.8, 4) is 0 Å². The van der Waals surface area contributed by atoms with E-state index in [0.717, 1.165) is 4.88 Å². The highest BCUT2D eigenvalue weighted by Gasteiger charge is 2.32. The number of halogens is 1. The highest BCUT2D eigenvalue weighted by molar-refractivity contribution is 7.09. The average molecular weight is 333 g/mol. The lowest BCUT2D eigenvalue weighted by atomic mass is 10.3. The molecule has 7 heteroatoms. The Kier molecular flexibility index (Phi) is 4.57. The van der Waals surface area contributed by atoms with Gasteiger partial charge in [-0.3, -0.25) is 9.69 Å². The van der Waals surface area contributed by atoms with E-state index in [-0.39, 0.29) is 24.2 Å². The summed E-state index contributed by atoms with van der Waals surface area (Å²) < 4.78 is 13.8. The van der Waals surface area contributed by atoms with E-state index < -0.39 is 5.82 Å². The van der Waals surface area contributed by atoms with Gasteiger partial charge in [0.05, 0.1) is 12.2 Å². The summed E-state index contributed by atoms with van der Waals surface area (Å²) in [5.41, 5.74) is 0.249. The molecule has 0 radical (unpaired) electrons. The molecule has 0 aliphatic carbocycles. The SMILES string of the molecule is O=C(CN1CCN(c2ccccc2F)C1=O)NCc1cccs1. The number of nitrogens with zero attached hydrogens (tertiary/aromatic N) is 2. The maximum atomic E-state index is 13.8. The topological polar surface area (TPSA) is 52.7 Å². The van der Waals surface area contributed by atoms with E-state index in [1.54, 1.807) is 29.5 Å². The Morgan fingerprint density at radius 3 is 2.78 bits per heavy atom. The second-order valence-electron chi connectivity index (χ2n) is 5.16. The molecular formula is C16H16FN3O2S. The van der Waals surface area contributed by atoms with Crippen LogP contribution >= 0.6 is 11.3 Å². The number of urea groups is 1. The maximum Gasteiger partial charge on any atom is 0.325 e. The number of anilines is 1. The van der Waals surface area contributed by atoms with Crippen molar-refractivity contribution in [2.24, 2.45) is 0 Å². The van der Waals surface area contributed by atoms with Crippen LogP contribution in [-0.2, 0) is 11.3 Å². The molecule has 3 rings (SSSR count). The second-order valence-corrected chi connectivity index (χ2v) is 6.20. The van der Waals surface area contributed by atoms with E-state index in [1.807, 2.05) is 17.5 Å². The molecule has 2 aromatic rings. The Labute approximate surface area is 137 Å². The third kappa shape index (κ3) is 3.50. The van der Waals surface area contributed by atoms with Crippen molar-refractivity contribution in [1.82, 2.24) is 10.2 Å². The van der Waals surface area contributed by atoms with E-state index >= 15 is 0 Å². The largest absolute Gasteiger partial charge is 0.350 e. The summed E-state index contributed by atoms with van der Waals surface area (Å²) in [7, 11) is 0. The summed E-state index contributed by atoms with van der Waals surface area (Å²) >= 11 is 1.56. The molecule has 5 nitrogen and oxygen atoms in total. The minimum Gasteiger partial charge on any atom is -0.350 e. The zero-order chi connectivity index (χ0) is 16.2. The number of hydrogen-bond donors (Lipinski definition) is 1. The lowest BCUT2D eigenvalue weighted by Gasteiger charge is -2.18. The third-order valence-electron chi connectivity index (χ3n) is 3.61. The van der Waals surface area contributed by atoms with Gasteiger partial charge < -0.3 is 10.2 Å². The van der Waals surface area contributed by atoms with E-state index in [1.165, 1.54) is 15.9 Å². The number of hydrogen-bond acceptors (Lipinski definition) is 3. The standard InChI is InChI=1S/C16H16FN3O2S/c17-13-5-1-2-6-14(13)20-8-7-19(16(20)22)11-15(21)18-10-12-4-3-9-23-12/h1-6,9H,7-8,10-11H2,(H,18,21). The van der Waals surface area contributed by atoms with Crippen molar-refractivity contribution in [2.75, 3.05) is 24.5 Å². The number of para-hydroxylation sites is 1. The minimum absolute atomic E-state index is 0.0187. The van der Waals surface area contributed by atoms with Gasteiger partial charge in [-0.05, 0) is 23.6 Å². The molecule has 1 N–H and O–H groups in total. The lowest BCUT2D eigenvalue weighted by molar-refractivity contribution is -0.121. The monoisotopic (exact) mass is 333 g/mol. The van der Waals surface area contributed by atoms with E-state index in [2.05, 4.69) is 5.32 Å². The van der Waals surface area contributed by atoms with Crippen molar-refractivity contribution >= 4 is 29.0 Å². The summed E-state index contributed by atoms with van der Waals surface area (Å²) in [6, 6.07) is 9.65. The van der Waals surface area contributed by atoms with Crippen LogP contribution in [0.1, 0.15) is 4.88 Å². The van der Waals surface area contributed by atoms with Crippen LogP contribution in [-0.4, -0.2) is 36.5 Å².